The van der Waals surface area contributed by atoms with Gasteiger partial charge >= 0.3 is 0 Å². The lowest BCUT2D eigenvalue weighted by Crippen LogP contribution is -1.91. The summed E-state index contributed by atoms with van der Waals surface area (Å²) < 4.78 is 14.0. The summed E-state index contributed by atoms with van der Waals surface area (Å²) in [6.07, 6.45) is -0.154. The van der Waals surface area contributed by atoms with E-state index in [9.17, 15) is 9.50 Å². The molecule has 3 heteroatoms. The number of aliphatic hydroxyl groups is 1. The van der Waals surface area contributed by atoms with Gasteiger partial charge in [0.25, 0.3) is 0 Å². The van der Waals surface area contributed by atoms with Gasteiger partial charge in [0.15, 0.2) is 0 Å². The number of benzene rings is 1. The van der Waals surface area contributed by atoms with Crippen molar-refractivity contribution in [3.63, 3.8) is 0 Å². The third-order valence-corrected chi connectivity index (χ3v) is 3.52. The zero-order chi connectivity index (χ0) is 11.5. The SMILES string of the molecule is CC#CCC(O)c1cc2cc(F)ccc2s1. The number of aliphatic hydroxyl groups excluding tert-OH is 1. The van der Waals surface area contributed by atoms with E-state index in [0.717, 1.165) is 15.0 Å². The first kappa shape index (κ1) is 11.1. The van der Waals surface area contributed by atoms with Crippen molar-refractivity contribution in [3.8, 4) is 11.8 Å². The number of rotatable bonds is 2. The molecule has 0 saturated carbocycles. The number of hydrogen-bond donors (Lipinski definition) is 1. The average Bonchev–Trinajstić information content (AvgIpc) is 2.68. The summed E-state index contributed by atoms with van der Waals surface area (Å²) in [6, 6.07) is 6.47. The van der Waals surface area contributed by atoms with Gasteiger partial charge in [0, 0.05) is 16.0 Å². The lowest BCUT2D eigenvalue weighted by molar-refractivity contribution is 0.188. The molecule has 0 radical (unpaired) electrons. The standard InChI is InChI=1S/C13H11FOS/c1-2-3-4-11(15)13-8-9-7-10(14)5-6-12(9)16-13/h5-8,11,15H,4H2,1H3. The zero-order valence-corrected chi connectivity index (χ0v) is 9.64. The molecule has 1 N–H and O–H groups in total. The monoisotopic (exact) mass is 234 g/mol. The van der Waals surface area contributed by atoms with E-state index in [4.69, 9.17) is 0 Å². The van der Waals surface area contributed by atoms with Crippen molar-refractivity contribution in [1.82, 2.24) is 0 Å². The van der Waals surface area contributed by atoms with Gasteiger partial charge in [0.1, 0.15) is 5.82 Å². The highest BCUT2D eigenvalue weighted by atomic mass is 32.1. The molecule has 2 rings (SSSR count). The molecule has 0 fully saturated rings. The molecule has 82 valence electrons. The summed E-state index contributed by atoms with van der Waals surface area (Å²) in [5, 5.41) is 10.7. The normalized spacial score (nSPS) is 12.2. The summed E-state index contributed by atoms with van der Waals surface area (Å²) in [5.74, 6) is 5.33. The molecule has 1 nitrogen and oxygen atoms in total. The topological polar surface area (TPSA) is 20.2 Å². The largest absolute Gasteiger partial charge is 0.387 e. The van der Waals surface area contributed by atoms with E-state index < -0.39 is 6.10 Å². The molecule has 1 unspecified atom stereocenters. The Morgan fingerprint density at radius 2 is 2.25 bits per heavy atom. The Kier molecular flexibility index (Phi) is 3.23. The van der Waals surface area contributed by atoms with Gasteiger partial charge in [0.2, 0.25) is 0 Å². The fraction of sp³-hybridized carbons (Fsp3) is 0.231. The first-order valence-electron chi connectivity index (χ1n) is 4.97. The van der Waals surface area contributed by atoms with Crippen LogP contribution in [0.1, 0.15) is 24.3 Å². The van der Waals surface area contributed by atoms with Crippen molar-refractivity contribution in [2.45, 2.75) is 19.4 Å². The van der Waals surface area contributed by atoms with Crippen LogP contribution in [0.3, 0.4) is 0 Å². The summed E-state index contributed by atoms with van der Waals surface area (Å²) in [7, 11) is 0. The van der Waals surface area contributed by atoms with Gasteiger partial charge in [-0.2, -0.15) is 0 Å². The van der Waals surface area contributed by atoms with Crippen molar-refractivity contribution in [1.29, 1.82) is 0 Å². The Bertz CT molecular complexity index is 562. The number of fused-ring (bicyclic) bond motifs is 1. The fourth-order valence-electron chi connectivity index (χ4n) is 1.50. The van der Waals surface area contributed by atoms with E-state index in [1.54, 1.807) is 13.0 Å². The molecule has 16 heavy (non-hydrogen) atoms. The molecule has 0 amide bonds. The van der Waals surface area contributed by atoms with Crippen LogP contribution < -0.4 is 0 Å². The molecule has 0 aliphatic carbocycles. The van der Waals surface area contributed by atoms with Crippen LogP contribution in [0.4, 0.5) is 4.39 Å². The van der Waals surface area contributed by atoms with Crippen LogP contribution in [0.2, 0.25) is 0 Å². The molecule has 0 saturated heterocycles. The average molecular weight is 234 g/mol. The Labute approximate surface area is 97.5 Å². The van der Waals surface area contributed by atoms with Crippen LogP contribution in [0, 0.1) is 17.7 Å². The summed E-state index contributed by atoms with van der Waals surface area (Å²) in [4.78, 5) is 0.836. The molecule has 0 aliphatic heterocycles. The van der Waals surface area contributed by atoms with Gasteiger partial charge in [-0.1, -0.05) is 0 Å². The Hall–Kier alpha value is -1.37. The van der Waals surface area contributed by atoms with E-state index >= 15 is 0 Å². The number of hydrogen-bond acceptors (Lipinski definition) is 2. The third-order valence-electron chi connectivity index (χ3n) is 2.30. The number of thiophene rings is 1. The van der Waals surface area contributed by atoms with Gasteiger partial charge in [-0.05, 0) is 36.6 Å². The van der Waals surface area contributed by atoms with Crippen LogP contribution in [-0.4, -0.2) is 5.11 Å². The molecule has 1 aromatic heterocycles. The minimum absolute atomic E-state index is 0.250. The second kappa shape index (κ2) is 4.65. The summed E-state index contributed by atoms with van der Waals surface area (Å²) in [5.41, 5.74) is 0. The molecular formula is C13H11FOS. The highest BCUT2D eigenvalue weighted by Gasteiger charge is 2.10. The Balaban J connectivity index is 2.34. The molecule has 2 aromatic rings. The van der Waals surface area contributed by atoms with E-state index in [-0.39, 0.29) is 5.82 Å². The first-order chi connectivity index (χ1) is 7.70. The maximum Gasteiger partial charge on any atom is 0.123 e. The van der Waals surface area contributed by atoms with Crippen LogP contribution in [-0.2, 0) is 0 Å². The first-order valence-corrected chi connectivity index (χ1v) is 5.79. The molecule has 0 aliphatic rings. The maximum atomic E-state index is 13.0. The van der Waals surface area contributed by atoms with E-state index in [1.165, 1.54) is 23.5 Å². The predicted octanol–water partition coefficient (Wildman–Crippen LogP) is 3.49. The lowest BCUT2D eigenvalue weighted by atomic mass is 10.2. The van der Waals surface area contributed by atoms with Crippen LogP contribution in [0.25, 0.3) is 10.1 Å². The van der Waals surface area contributed by atoms with Crippen molar-refractivity contribution in [2.24, 2.45) is 0 Å². The van der Waals surface area contributed by atoms with E-state index in [1.807, 2.05) is 6.07 Å². The van der Waals surface area contributed by atoms with Crippen molar-refractivity contribution < 1.29 is 9.50 Å². The summed E-state index contributed by atoms with van der Waals surface area (Å²) in [6.45, 7) is 1.74. The summed E-state index contributed by atoms with van der Waals surface area (Å²) >= 11 is 1.48. The highest BCUT2D eigenvalue weighted by molar-refractivity contribution is 7.19. The van der Waals surface area contributed by atoms with Crippen LogP contribution in [0.15, 0.2) is 24.3 Å². The Morgan fingerprint density at radius 3 is 3.00 bits per heavy atom. The predicted molar refractivity (Wildman–Crippen MR) is 64.8 cm³/mol. The van der Waals surface area contributed by atoms with Gasteiger partial charge in [0.05, 0.1) is 6.10 Å². The minimum atomic E-state index is -0.576. The fourth-order valence-corrected chi connectivity index (χ4v) is 2.53. The molecule has 1 atom stereocenters. The van der Waals surface area contributed by atoms with E-state index in [0.29, 0.717) is 6.42 Å². The molecule has 0 bridgehead atoms. The van der Waals surface area contributed by atoms with Crippen molar-refractivity contribution in [3.05, 3.63) is 35.0 Å². The minimum Gasteiger partial charge on any atom is -0.387 e. The van der Waals surface area contributed by atoms with Gasteiger partial charge in [-0.25, -0.2) is 4.39 Å². The smallest absolute Gasteiger partial charge is 0.123 e. The van der Waals surface area contributed by atoms with Gasteiger partial charge < -0.3 is 5.11 Å². The van der Waals surface area contributed by atoms with E-state index in [2.05, 4.69) is 11.8 Å². The zero-order valence-electron chi connectivity index (χ0n) is 8.83. The third kappa shape index (κ3) is 2.24. The van der Waals surface area contributed by atoms with Crippen molar-refractivity contribution in [2.75, 3.05) is 0 Å². The molecular weight excluding hydrogens is 223 g/mol. The lowest BCUT2D eigenvalue weighted by Gasteiger charge is -2.01. The van der Waals surface area contributed by atoms with Crippen LogP contribution >= 0.6 is 11.3 Å². The highest BCUT2D eigenvalue weighted by Crippen LogP contribution is 2.31. The van der Waals surface area contributed by atoms with Gasteiger partial charge in [-0.3, -0.25) is 0 Å². The number of halogens is 1. The molecule has 1 aromatic carbocycles. The maximum absolute atomic E-state index is 13.0. The van der Waals surface area contributed by atoms with Gasteiger partial charge in [-0.15, -0.1) is 23.2 Å². The second-order valence-electron chi connectivity index (χ2n) is 3.48. The van der Waals surface area contributed by atoms with Crippen molar-refractivity contribution >= 4 is 21.4 Å². The second-order valence-corrected chi connectivity index (χ2v) is 4.59. The molecule has 0 spiro atoms. The quantitative estimate of drug-likeness (QED) is 0.789. The molecule has 1 heterocycles. The Morgan fingerprint density at radius 1 is 1.44 bits per heavy atom. The van der Waals surface area contributed by atoms with Crippen LogP contribution in [0.5, 0.6) is 0 Å².